The van der Waals surface area contributed by atoms with Crippen molar-refractivity contribution in [3.05, 3.63) is 23.9 Å². The highest BCUT2D eigenvalue weighted by Gasteiger charge is 2.27. The predicted molar refractivity (Wildman–Crippen MR) is 58.3 cm³/mol. The van der Waals surface area contributed by atoms with E-state index in [1.807, 2.05) is 19.1 Å². The van der Waals surface area contributed by atoms with E-state index in [0.29, 0.717) is 5.92 Å². The van der Waals surface area contributed by atoms with Crippen molar-refractivity contribution in [1.29, 1.82) is 0 Å². The highest BCUT2D eigenvalue weighted by molar-refractivity contribution is 5.41. The van der Waals surface area contributed by atoms with Crippen molar-refractivity contribution >= 4 is 5.82 Å². The van der Waals surface area contributed by atoms with Gasteiger partial charge in [-0.05, 0) is 25.0 Å². The monoisotopic (exact) mass is 191 g/mol. The summed E-state index contributed by atoms with van der Waals surface area (Å²) in [6.45, 7) is 6.17. The summed E-state index contributed by atoms with van der Waals surface area (Å²) in [6.07, 6.45) is 0. The molecule has 0 aliphatic carbocycles. The zero-order chi connectivity index (χ0) is 10.1. The van der Waals surface area contributed by atoms with Crippen molar-refractivity contribution in [3.63, 3.8) is 0 Å². The van der Waals surface area contributed by atoms with Crippen molar-refractivity contribution in [2.24, 2.45) is 11.7 Å². The molecule has 14 heavy (non-hydrogen) atoms. The molecule has 0 saturated carbocycles. The van der Waals surface area contributed by atoms with E-state index in [9.17, 15) is 0 Å². The molecular weight excluding hydrogens is 174 g/mol. The fourth-order valence-corrected chi connectivity index (χ4v) is 1.88. The van der Waals surface area contributed by atoms with Gasteiger partial charge in [0.1, 0.15) is 5.82 Å². The lowest BCUT2D eigenvalue weighted by Crippen LogP contribution is -2.28. The van der Waals surface area contributed by atoms with Gasteiger partial charge < -0.3 is 10.6 Å². The molecule has 0 aromatic carbocycles. The van der Waals surface area contributed by atoms with Gasteiger partial charge in [0, 0.05) is 24.8 Å². The van der Waals surface area contributed by atoms with Crippen LogP contribution >= 0.6 is 0 Å². The number of pyridine rings is 1. The molecule has 2 rings (SSSR count). The van der Waals surface area contributed by atoms with Crippen LogP contribution in [0.2, 0.25) is 0 Å². The van der Waals surface area contributed by atoms with Crippen LogP contribution in [0.25, 0.3) is 0 Å². The van der Waals surface area contributed by atoms with Gasteiger partial charge in [0.25, 0.3) is 0 Å². The van der Waals surface area contributed by atoms with Crippen LogP contribution in [0.1, 0.15) is 12.6 Å². The molecule has 1 aliphatic rings. The quantitative estimate of drug-likeness (QED) is 0.724. The Morgan fingerprint density at radius 2 is 2.21 bits per heavy atom. The summed E-state index contributed by atoms with van der Waals surface area (Å²) in [5, 5.41) is 0. The molecule has 1 aliphatic heterocycles. The van der Waals surface area contributed by atoms with Crippen LogP contribution in [-0.4, -0.2) is 24.1 Å². The highest BCUT2D eigenvalue weighted by Crippen LogP contribution is 2.20. The van der Waals surface area contributed by atoms with Crippen LogP contribution in [0, 0.1) is 12.8 Å². The Kier molecular flexibility index (Phi) is 2.42. The van der Waals surface area contributed by atoms with Gasteiger partial charge >= 0.3 is 0 Å². The highest BCUT2D eigenvalue weighted by atomic mass is 15.2. The molecule has 0 spiro atoms. The fourth-order valence-electron chi connectivity index (χ4n) is 1.88. The largest absolute Gasteiger partial charge is 0.355 e. The minimum Gasteiger partial charge on any atom is -0.355 e. The van der Waals surface area contributed by atoms with Crippen LogP contribution in [0.15, 0.2) is 18.2 Å². The SMILES string of the molecule is Cc1cccc(N2CC(C)C(N)C2)n1. The van der Waals surface area contributed by atoms with E-state index in [1.54, 1.807) is 0 Å². The third-order valence-corrected chi connectivity index (χ3v) is 2.87. The second-order valence-electron chi connectivity index (χ2n) is 4.18. The van der Waals surface area contributed by atoms with E-state index in [4.69, 9.17) is 5.73 Å². The van der Waals surface area contributed by atoms with Crippen LogP contribution in [0.3, 0.4) is 0 Å². The normalized spacial score (nSPS) is 26.9. The molecule has 1 aromatic heterocycles. The Morgan fingerprint density at radius 3 is 2.79 bits per heavy atom. The van der Waals surface area contributed by atoms with E-state index in [0.717, 1.165) is 24.6 Å². The molecule has 76 valence electrons. The number of aromatic nitrogens is 1. The average molecular weight is 191 g/mol. The minimum absolute atomic E-state index is 0.289. The Balaban J connectivity index is 2.17. The van der Waals surface area contributed by atoms with Gasteiger partial charge in [0.15, 0.2) is 0 Å². The zero-order valence-corrected chi connectivity index (χ0v) is 8.77. The first-order valence-electron chi connectivity index (χ1n) is 5.11. The van der Waals surface area contributed by atoms with Crippen LogP contribution in [-0.2, 0) is 0 Å². The number of hydrogen-bond acceptors (Lipinski definition) is 3. The van der Waals surface area contributed by atoms with Gasteiger partial charge in [0.05, 0.1) is 0 Å². The molecule has 2 unspecified atom stereocenters. The van der Waals surface area contributed by atoms with E-state index in [1.165, 1.54) is 0 Å². The number of nitrogens with two attached hydrogens (primary N) is 1. The van der Waals surface area contributed by atoms with Crippen molar-refractivity contribution in [3.8, 4) is 0 Å². The molecule has 0 amide bonds. The summed E-state index contributed by atoms with van der Waals surface area (Å²) in [5.74, 6) is 1.63. The lowest BCUT2D eigenvalue weighted by Gasteiger charge is -2.16. The summed E-state index contributed by atoms with van der Waals surface area (Å²) >= 11 is 0. The molecule has 1 saturated heterocycles. The number of hydrogen-bond donors (Lipinski definition) is 1. The van der Waals surface area contributed by atoms with Crippen molar-refractivity contribution in [1.82, 2.24) is 4.98 Å². The van der Waals surface area contributed by atoms with E-state index < -0.39 is 0 Å². The van der Waals surface area contributed by atoms with Crippen LogP contribution in [0.5, 0.6) is 0 Å². The third kappa shape index (κ3) is 1.73. The topological polar surface area (TPSA) is 42.1 Å². The van der Waals surface area contributed by atoms with E-state index >= 15 is 0 Å². The van der Waals surface area contributed by atoms with E-state index in [2.05, 4.69) is 22.9 Å². The summed E-state index contributed by atoms with van der Waals surface area (Å²) in [6, 6.07) is 6.41. The predicted octanol–water partition coefficient (Wildman–Crippen LogP) is 1.17. The number of aryl methyl sites for hydroxylation is 1. The standard InChI is InChI=1S/C11H17N3/c1-8-6-14(7-10(8)12)11-5-3-4-9(2)13-11/h3-5,8,10H,6-7,12H2,1-2H3. The Labute approximate surface area is 84.9 Å². The first-order valence-corrected chi connectivity index (χ1v) is 5.11. The lowest BCUT2D eigenvalue weighted by atomic mass is 10.1. The maximum Gasteiger partial charge on any atom is 0.128 e. The maximum absolute atomic E-state index is 5.97. The third-order valence-electron chi connectivity index (χ3n) is 2.87. The molecule has 1 fully saturated rings. The molecule has 2 N–H and O–H groups in total. The van der Waals surface area contributed by atoms with Gasteiger partial charge in [-0.1, -0.05) is 13.0 Å². The molecule has 0 radical (unpaired) electrons. The second kappa shape index (κ2) is 3.58. The number of anilines is 1. The molecule has 2 atom stereocenters. The molecule has 3 nitrogen and oxygen atoms in total. The first kappa shape index (κ1) is 9.46. The Hall–Kier alpha value is -1.09. The summed E-state index contributed by atoms with van der Waals surface area (Å²) < 4.78 is 0. The average Bonchev–Trinajstić information content (AvgIpc) is 2.47. The van der Waals surface area contributed by atoms with E-state index in [-0.39, 0.29) is 6.04 Å². The molecule has 0 bridgehead atoms. The summed E-state index contributed by atoms with van der Waals surface area (Å²) in [4.78, 5) is 6.76. The maximum atomic E-state index is 5.97. The molecule has 3 heteroatoms. The van der Waals surface area contributed by atoms with Gasteiger partial charge in [-0.15, -0.1) is 0 Å². The van der Waals surface area contributed by atoms with Gasteiger partial charge in [-0.3, -0.25) is 0 Å². The van der Waals surface area contributed by atoms with Crippen LogP contribution in [0.4, 0.5) is 5.82 Å². The minimum atomic E-state index is 0.289. The molecule has 2 heterocycles. The van der Waals surface area contributed by atoms with Crippen molar-refractivity contribution in [2.75, 3.05) is 18.0 Å². The first-order chi connectivity index (χ1) is 6.66. The Morgan fingerprint density at radius 1 is 1.43 bits per heavy atom. The smallest absolute Gasteiger partial charge is 0.128 e. The Bertz CT molecular complexity index is 314. The fraction of sp³-hybridized carbons (Fsp3) is 0.545. The number of nitrogens with zero attached hydrogens (tertiary/aromatic N) is 2. The number of rotatable bonds is 1. The summed E-state index contributed by atoms with van der Waals surface area (Å²) in [5.41, 5.74) is 7.04. The lowest BCUT2D eigenvalue weighted by molar-refractivity contribution is 0.566. The van der Waals surface area contributed by atoms with Gasteiger partial charge in [-0.25, -0.2) is 4.98 Å². The van der Waals surface area contributed by atoms with Gasteiger partial charge in [-0.2, -0.15) is 0 Å². The second-order valence-corrected chi connectivity index (χ2v) is 4.18. The van der Waals surface area contributed by atoms with Gasteiger partial charge in [0.2, 0.25) is 0 Å². The molecular formula is C11H17N3. The van der Waals surface area contributed by atoms with Crippen LogP contribution < -0.4 is 10.6 Å². The molecule has 1 aromatic rings. The zero-order valence-electron chi connectivity index (χ0n) is 8.77. The summed E-state index contributed by atoms with van der Waals surface area (Å²) in [7, 11) is 0. The van der Waals surface area contributed by atoms with Crippen molar-refractivity contribution < 1.29 is 0 Å². The van der Waals surface area contributed by atoms with Crippen molar-refractivity contribution in [2.45, 2.75) is 19.9 Å².